The van der Waals surface area contributed by atoms with E-state index >= 15 is 0 Å². The van der Waals surface area contributed by atoms with Crippen molar-refractivity contribution in [2.45, 2.75) is 58.0 Å². The van der Waals surface area contributed by atoms with Gasteiger partial charge >= 0.3 is 0 Å². The van der Waals surface area contributed by atoms with Gasteiger partial charge in [0.1, 0.15) is 0 Å². The summed E-state index contributed by atoms with van der Waals surface area (Å²) in [7, 11) is 0. The Morgan fingerprint density at radius 1 is 1.18 bits per heavy atom. The second kappa shape index (κ2) is 4.13. The smallest absolute Gasteiger partial charge is 0.0325 e. The van der Waals surface area contributed by atoms with E-state index in [-0.39, 0.29) is 0 Å². The van der Waals surface area contributed by atoms with E-state index in [2.05, 4.69) is 43.4 Å². The first-order valence-electron chi connectivity index (χ1n) is 7.01. The highest BCUT2D eigenvalue weighted by atomic mass is 15.0. The van der Waals surface area contributed by atoms with Crippen LogP contribution >= 0.6 is 0 Å². The summed E-state index contributed by atoms with van der Waals surface area (Å²) in [5, 5.41) is 3.88. The molecule has 0 bridgehead atoms. The standard InChI is InChI=1S/C16H23N/c1-16(2)11-15(16)17-14-10-6-4-8-12-7-3-5-9-13(12)14/h3,5,7,9,14-15,17H,4,6,8,10-11H2,1-2H3. The number of nitrogens with one attached hydrogen (secondary N) is 1. The molecule has 0 saturated heterocycles. The van der Waals surface area contributed by atoms with Crippen molar-refractivity contribution in [1.82, 2.24) is 5.32 Å². The first-order valence-corrected chi connectivity index (χ1v) is 7.01. The Morgan fingerprint density at radius 2 is 1.94 bits per heavy atom. The Balaban J connectivity index is 1.80. The molecule has 2 aliphatic carbocycles. The number of hydrogen-bond acceptors (Lipinski definition) is 1. The average molecular weight is 229 g/mol. The summed E-state index contributed by atoms with van der Waals surface area (Å²) in [4.78, 5) is 0. The summed E-state index contributed by atoms with van der Waals surface area (Å²) in [6.45, 7) is 4.74. The molecule has 1 aromatic rings. The highest BCUT2D eigenvalue weighted by molar-refractivity contribution is 5.31. The lowest BCUT2D eigenvalue weighted by molar-refractivity contribution is 0.444. The number of hydrogen-bond donors (Lipinski definition) is 1. The third-order valence-corrected chi connectivity index (χ3v) is 4.54. The molecule has 1 aromatic carbocycles. The van der Waals surface area contributed by atoms with E-state index in [1.54, 1.807) is 11.1 Å². The summed E-state index contributed by atoms with van der Waals surface area (Å²) in [6.07, 6.45) is 6.63. The molecule has 0 radical (unpaired) electrons. The second-order valence-corrected chi connectivity index (χ2v) is 6.41. The van der Waals surface area contributed by atoms with Crippen LogP contribution in [0, 0.1) is 5.41 Å². The molecular formula is C16H23N. The van der Waals surface area contributed by atoms with E-state index in [4.69, 9.17) is 0 Å². The Kier molecular flexibility index (Phi) is 2.74. The normalized spacial score (nSPS) is 30.5. The van der Waals surface area contributed by atoms with Gasteiger partial charge in [0.05, 0.1) is 0 Å². The molecule has 1 fully saturated rings. The number of benzene rings is 1. The van der Waals surface area contributed by atoms with Crippen molar-refractivity contribution in [1.29, 1.82) is 0 Å². The predicted molar refractivity (Wildman–Crippen MR) is 72.1 cm³/mol. The lowest BCUT2D eigenvalue weighted by atomic mass is 9.99. The van der Waals surface area contributed by atoms with Crippen LogP contribution in [0.1, 0.15) is 56.7 Å². The number of aryl methyl sites for hydroxylation is 1. The Labute approximate surface area is 105 Å². The van der Waals surface area contributed by atoms with Crippen LogP contribution in [0.15, 0.2) is 24.3 Å². The van der Waals surface area contributed by atoms with Crippen LogP contribution in [0.4, 0.5) is 0 Å². The van der Waals surface area contributed by atoms with Gasteiger partial charge in [-0.15, -0.1) is 0 Å². The molecule has 2 aliphatic rings. The van der Waals surface area contributed by atoms with Crippen LogP contribution in [-0.2, 0) is 6.42 Å². The van der Waals surface area contributed by atoms with E-state index < -0.39 is 0 Å². The number of fused-ring (bicyclic) bond motifs is 1. The first kappa shape index (κ1) is 11.3. The van der Waals surface area contributed by atoms with Gasteiger partial charge in [0.25, 0.3) is 0 Å². The van der Waals surface area contributed by atoms with Crippen molar-refractivity contribution < 1.29 is 0 Å². The van der Waals surface area contributed by atoms with E-state index in [9.17, 15) is 0 Å². The Bertz CT molecular complexity index is 408. The van der Waals surface area contributed by atoms with Crippen molar-refractivity contribution in [2.24, 2.45) is 5.41 Å². The molecule has 0 spiro atoms. The summed E-state index contributed by atoms with van der Waals surface area (Å²) in [5.74, 6) is 0. The van der Waals surface area contributed by atoms with Gasteiger partial charge < -0.3 is 5.32 Å². The van der Waals surface area contributed by atoms with Gasteiger partial charge in [0.2, 0.25) is 0 Å². The minimum Gasteiger partial charge on any atom is -0.307 e. The van der Waals surface area contributed by atoms with Gasteiger partial charge in [-0.05, 0) is 42.2 Å². The molecular weight excluding hydrogens is 206 g/mol. The quantitative estimate of drug-likeness (QED) is 0.760. The summed E-state index contributed by atoms with van der Waals surface area (Å²) in [5.41, 5.74) is 3.66. The molecule has 3 rings (SSSR count). The molecule has 1 heteroatoms. The lowest BCUT2D eigenvalue weighted by Gasteiger charge is -2.20. The maximum absolute atomic E-state index is 3.88. The van der Waals surface area contributed by atoms with Crippen LogP contribution in [0.2, 0.25) is 0 Å². The molecule has 0 amide bonds. The third-order valence-electron chi connectivity index (χ3n) is 4.54. The average Bonchev–Trinajstić information content (AvgIpc) is 2.96. The van der Waals surface area contributed by atoms with E-state index in [1.165, 1.54) is 32.1 Å². The summed E-state index contributed by atoms with van der Waals surface area (Å²) < 4.78 is 0. The van der Waals surface area contributed by atoms with E-state index in [0.29, 0.717) is 11.5 Å². The largest absolute Gasteiger partial charge is 0.307 e. The molecule has 1 saturated carbocycles. The molecule has 2 unspecified atom stereocenters. The van der Waals surface area contributed by atoms with Gasteiger partial charge in [-0.1, -0.05) is 44.5 Å². The molecule has 17 heavy (non-hydrogen) atoms. The minimum absolute atomic E-state index is 0.529. The summed E-state index contributed by atoms with van der Waals surface area (Å²) >= 11 is 0. The zero-order valence-electron chi connectivity index (χ0n) is 11.0. The molecule has 2 atom stereocenters. The van der Waals surface area contributed by atoms with Crippen molar-refractivity contribution in [3.8, 4) is 0 Å². The van der Waals surface area contributed by atoms with Gasteiger partial charge in [0, 0.05) is 12.1 Å². The van der Waals surface area contributed by atoms with Crippen molar-refractivity contribution >= 4 is 0 Å². The molecule has 1 N–H and O–H groups in total. The highest BCUT2D eigenvalue weighted by Crippen LogP contribution is 2.46. The fourth-order valence-corrected chi connectivity index (χ4v) is 3.09. The van der Waals surface area contributed by atoms with Crippen molar-refractivity contribution in [3.05, 3.63) is 35.4 Å². The van der Waals surface area contributed by atoms with Crippen LogP contribution in [0.5, 0.6) is 0 Å². The van der Waals surface area contributed by atoms with E-state index in [0.717, 1.165) is 6.04 Å². The molecule has 0 heterocycles. The van der Waals surface area contributed by atoms with Gasteiger partial charge in [0.15, 0.2) is 0 Å². The zero-order valence-corrected chi connectivity index (χ0v) is 11.0. The van der Waals surface area contributed by atoms with Crippen LogP contribution in [0.3, 0.4) is 0 Å². The van der Waals surface area contributed by atoms with Crippen LogP contribution in [0.25, 0.3) is 0 Å². The highest BCUT2D eigenvalue weighted by Gasteiger charge is 2.46. The Morgan fingerprint density at radius 3 is 2.71 bits per heavy atom. The maximum atomic E-state index is 3.88. The van der Waals surface area contributed by atoms with Crippen LogP contribution < -0.4 is 5.32 Å². The lowest BCUT2D eigenvalue weighted by Crippen LogP contribution is -2.26. The first-order chi connectivity index (χ1) is 8.17. The monoisotopic (exact) mass is 229 g/mol. The fraction of sp³-hybridized carbons (Fsp3) is 0.625. The van der Waals surface area contributed by atoms with Gasteiger partial charge in [-0.3, -0.25) is 0 Å². The number of rotatable bonds is 2. The molecule has 0 aliphatic heterocycles. The zero-order chi connectivity index (χ0) is 11.9. The molecule has 1 nitrogen and oxygen atoms in total. The minimum atomic E-state index is 0.529. The molecule has 0 aromatic heterocycles. The fourth-order valence-electron chi connectivity index (χ4n) is 3.09. The van der Waals surface area contributed by atoms with Crippen molar-refractivity contribution in [2.75, 3.05) is 0 Å². The topological polar surface area (TPSA) is 12.0 Å². The third kappa shape index (κ3) is 2.26. The Hall–Kier alpha value is -0.820. The van der Waals surface area contributed by atoms with Crippen molar-refractivity contribution in [3.63, 3.8) is 0 Å². The maximum Gasteiger partial charge on any atom is 0.0325 e. The van der Waals surface area contributed by atoms with Gasteiger partial charge in [-0.2, -0.15) is 0 Å². The van der Waals surface area contributed by atoms with Crippen LogP contribution in [-0.4, -0.2) is 6.04 Å². The predicted octanol–water partition coefficient (Wildman–Crippen LogP) is 3.84. The van der Waals surface area contributed by atoms with Gasteiger partial charge in [-0.25, -0.2) is 0 Å². The molecule has 92 valence electrons. The summed E-state index contributed by atoms with van der Waals surface area (Å²) in [6, 6.07) is 10.3. The van der Waals surface area contributed by atoms with E-state index in [1.807, 2.05) is 0 Å². The SMILES string of the molecule is CC1(C)CC1NC1CCCCc2ccccc21. The second-order valence-electron chi connectivity index (χ2n) is 6.41.